The molecule has 0 heterocycles. The minimum Gasteiger partial charge on any atom is -0.490 e. The van der Waals surface area contributed by atoms with Crippen LogP contribution < -0.4 is 10.1 Å². The van der Waals surface area contributed by atoms with E-state index in [-0.39, 0.29) is 0 Å². The quantitative estimate of drug-likeness (QED) is 0.911. The van der Waals surface area contributed by atoms with Crippen LogP contribution in [0.2, 0.25) is 0 Å². The first-order chi connectivity index (χ1) is 8.29. The third-order valence-electron chi connectivity index (χ3n) is 3.24. The van der Waals surface area contributed by atoms with E-state index in [1.807, 2.05) is 7.05 Å². The van der Waals surface area contributed by atoms with E-state index in [1.54, 1.807) is 0 Å². The molecule has 1 aliphatic rings. The Morgan fingerprint density at radius 1 is 1.29 bits per heavy atom. The average molecular weight is 298 g/mol. The van der Waals surface area contributed by atoms with E-state index >= 15 is 0 Å². The molecule has 0 aromatic heterocycles. The van der Waals surface area contributed by atoms with Gasteiger partial charge in [-0.25, -0.2) is 0 Å². The van der Waals surface area contributed by atoms with Crippen molar-refractivity contribution in [3.8, 4) is 5.75 Å². The van der Waals surface area contributed by atoms with Gasteiger partial charge in [0.15, 0.2) is 0 Å². The van der Waals surface area contributed by atoms with Gasteiger partial charge in [-0.05, 0) is 56.5 Å². The fraction of sp³-hybridized carbons (Fsp3) is 0.571. The van der Waals surface area contributed by atoms with Crippen LogP contribution in [0.4, 0.5) is 0 Å². The highest BCUT2D eigenvalue weighted by atomic mass is 79.9. The predicted octanol–water partition coefficient (Wildman–Crippen LogP) is 3.88. The van der Waals surface area contributed by atoms with Crippen molar-refractivity contribution < 1.29 is 4.74 Å². The lowest BCUT2D eigenvalue weighted by molar-refractivity contribution is 0.155. The largest absolute Gasteiger partial charge is 0.490 e. The number of halogens is 1. The lowest BCUT2D eigenvalue weighted by atomic mass is 9.98. The summed E-state index contributed by atoms with van der Waals surface area (Å²) in [6.45, 7) is 0.864. The molecular formula is C14H20BrNO. The van der Waals surface area contributed by atoms with Crippen LogP contribution in [0.3, 0.4) is 0 Å². The molecule has 0 spiro atoms. The van der Waals surface area contributed by atoms with Crippen LogP contribution in [-0.2, 0) is 6.54 Å². The Labute approximate surface area is 112 Å². The Morgan fingerprint density at radius 3 is 2.76 bits per heavy atom. The summed E-state index contributed by atoms with van der Waals surface area (Å²) < 4.78 is 7.19. The molecule has 2 rings (SSSR count). The molecule has 0 bridgehead atoms. The predicted molar refractivity (Wildman–Crippen MR) is 74.4 cm³/mol. The average Bonchev–Trinajstić information content (AvgIpc) is 2.35. The molecule has 1 saturated carbocycles. The van der Waals surface area contributed by atoms with Crippen molar-refractivity contribution >= 4 is 15.9 Å². The first kappa shape index (κ1) is 12.9. The van der Waals surface area contributed by atoms with Gasteiger partial charge in [0.1, 0.15) is 5.75 Å². The third kappa shape index (κ3) is 3.71. The molecule has 1 aliphatic carbocycles. The van der Waals surface area contributed by atoms with E-state index in [1.165, 1.54) is 37.7 Å². The number of hydrogen-bond donors (Lipinski definition) is 1. The molecule has 1 aromatic rings. The molecule has 2 nitrogen and oxygen atoms in total. The molecule has 1 fully saturated rings. The molecule has 0 unspecified atom stereocenters. The number of nitrogens with one attached hydrogen (secondary N) is 1. The molecule has 1 aromatic carbocycles. The third-order valence-corrected chi connectivity index (χ3v) is 4.01. The molecule has 0 saturated heterocycles. The van der Waals surface area contributed by atoms with Gasteiger partial charge >= 0.3 is 0 Å². The fourth-order valence-electron chi connectivity index (χ4n) is 2.33. The summed E-state index contributed by atoms with van der Waals surface area (Å²) >= 11 is 3.56. The van der Waals surface area contributed by atoms with E-state index in [2.05, 4.69) is 39.4 Å². The van der Waals surface area contributed by atoms with Gasteiger partial charge in [-0.3, -0.25) is 0 Å². The summed E-state index contributed by atoms with van der Waals surface area (Å²) in [5.41, 5.74) is 1.25. The van der Waals surface area contributed by atoms with Crippen LogP contribution in [0.5, 0.6) is 5.75 Å². The maximum atomic E-state index is 6.05. The summed E-state index contributed by atoms with van der Waals surface area (Å²) in [4.78, 5) is 0. The summed E-state index contributed by atoms with van der Waals surface area (Å²) in [5.74, 6) is 1.00. The van der Waals surface area contributed by atoms with Crippen molar-refractivity contribution in [2.75, 3.05) is 7.05 Å². The van der Waals surface area contributed by atoms with Crippen LogP contribution in [-0.4, -0.2) is 13.2 Å². The highest BCUT2D eigenvalue weighted by Crippen LogP contribution is 2.27. The Morgan fingerprint density at radius 2 is 2.06 bits per heavy atom. The van der Waals surface area contributed by atoms with E-state index in [0.29, 0.717) is 6.10 Å². The van der Waals surface area contributed by atoms with Gasteiger partial charge in [0, 0.05) is 11.0 Å². The number of ether oxygens (including phenoxy) is 1. The second-order valence-corrected chi connectivity index (χ2v) is 5.52. The van der Waals surface area contributed by atoms with Crippen molar-refractivity contribution in [1.29, 1.82) is 0 Å². The van der Waals surface area contributed by atoms with Gasteiger partial charge in [-0.1, -0.05) is 22.4 Å². The highest BCUT2D eigenvalue weighted by Gasteiger charge is 2.15. The summed E-state index contributed by atoms with van der Waals surface area (Å²) in [6, 6.07) is 6.26. The van der Waals surface area contributed by atoms with Gasteiger partial charge < -0.3 is 10.1 Å². The van der Waals surface area contributed by atoms with E-state index < -0.39 is 0 Å². The molecule has 94 valence electrons. The summed E-state index contributed by atoms with van der Waals surface area (Å²) in [6.07, 6.45) is 6.82. The molecular weight excluding hydrogens is 278 g/mol. The molecule has 1 N–H and O–H groups in total. The minimum atomic E-state index is 0.423. The van der Waals surface area contributed by atoms with Gasteiger partial charge in [-0.2, -0.15) is 0 Å². The highest BCUT2D eigenvalue weighted by molar-refractivity contribution is 9.10. The number of benzene rings is 1. The van der Waals surface area contributed by atoms with Crippen molar-refractivity contribution in [3.05, 3.63) is 28.2 Å². The first-order valence-electron chi connectivity index (χ1n) is 6.39. The maximum Gasteiger partial charge on any atom is 0.120 e. The van der Waals surface area contributed by atoms with Crippen LogP contribution in [0.1, 0.15) is 37.7 Å². The van der Waals surface area contributed by atoms with Crippen molar-refractivity contribution in [1.82, 2.24) is 5.32 Å². The van der Waals surface area contributed by atoms with Crippen LogP contribution in [0.25, 0.3) is 0 Å². The fourth-order valence-corrected chi connectivity index (χ4v) is 2.71. The Bertz CT molecular complexity index is 361. The SMILES string of the molecule is CNCc1cc(OC2CCCCC2)ccc1Br. The Kier molecular flexibility index (Phi) is 4.86. The van der Waals surface area contributed by atoms with Gasteiger partial charge in [0.05, 0.1) is 6.10 Å². The Balaban J connectivity index is 2.02. The van der Waals surface area contributed by atoms with Crippen LogP contribution in [0.15, 0.2) is 22.7 Å². The normalized spacial score (nSPS) is 17.1. The Hall–Kier alpha value is -0.540. The molecule has 17 heavy (non-hydrogen) atoms. The zero-order valence-electron chi connectivity index (χ0n) is 10.3. The van der Waals surface area contributed by atoms with Crippen molar-refractivity contribution in [2.45, 2.75) is 44.8 Å². The topological polar surface area (TPSA) is 21.3 Å². The second-order valence-electron chi connectivity index (χ2n) is 4.66. The molecule has 0 amide bonds. The monoisotopic (exact) mass is 297 g/mol. The van der Waals surface area contributed by atoms with Gasteiger partial charge in [0.25, 0.3) is 0 Å². The number of hydrogen-bond acceptors (Lipinski definition) is 2. The summed E-state index contributed by atoms with van der Waals surface area (Å²) in [7, 11) is 1.96. The standard InChI is InChI=1S/C14H20BrNO/c1-16-10-11-9-13(7-8-14(11)15)17-12-5-3-2-4-6-12/h7-9,12,16H,2-6,10H2,1H3. The van der Waals surface area contributed by atoms with E-state index in [9.17, 15) is 0 Å². The summed E-state index contributed by atoms with van der Waals surface area (Å²) in [5, 5.41) is 3.17. The lowest BCUT2D eigenvalue weighted by Gasteiger charge is -2.23. The minimum absolute atomic E-state index is 0.423. The zero-order valence-corrected chi connectivity index (χ0v) is 11.9. The van der Waals surface area contributed by atoms with Crippen LogP contribution in [0, 0.1) is 0 Å². The zero-order chi connectivity index (χ0) is 12.1. The number of rotatable bonds is 4. The van der Waals surface area contributed by atoms with E-state index in [0.717, 1.165) is 16.8 Å². The van der Waals surface area contributed by atoms with Crippen molar-refractivity contribution in [3.63, 3.8) is 0 Å². The smallest absolute Gasteiger partial charge is 0.120 e. The molecule has 0 aliphatic heterocycles. The molecule has 0 atom stereocenters. The molecule has 0 radical (unpaired) electrons. The van der Waals surface area contributed by atoms with Crippen LogP contribution >= 0.6 is 15.9 Å². The maximum absolute atomic E-state index is 6.05. The van der Waals surface area contributed by atoms with Gasteiger partial charge in [-0.15, -0.1) is 0 Å². The van der Waals surface area contributed by atoms with Crippen molar-refractivity contribution in [2.24, 2.45) is 0 Å². The lowest BCUT2D eigenvalue weighted by Crippen LogP contribution is -2.19. The molecule has 3 heteroatoms. The second kappa shape index (κ2) is 6.41. The van der Waals surface area contributed by atoms with Gasteiger partial charge in [0.2, 0.25) is 0 Å². The first-order valence-corrected chi connectivity index (χ1v) is 7.18. The van der Waals surface area contributed by atoms with E-state index in [4.69, 9.17) is 4.74 Å².